The lowest BCUT2D eigenvalue weighted by atomic mass is 10.1. The predicted octanol–water partition coefficient (Wildman–Crippen LogP) is 0.885. The van der Waals surface area contributed by atoms with Gasteiger partial charge in [-0.15, -0.1) is 0 Å². The molecule has 0 spiro atoms. The van der Waals surface area contributed by atoms with Gasteiger partial charge in [-0.2, -0.15) is 0 Å². The number of hydrogen-bond acceptors (Lipinski definition) is 4. The van der Waals surface area contributed by atoms with Crippen LogP contribution in [-0.4, -0.2) is 34.1 Å². The molecular weight excluding hydrogens is 202 g/mol. The predicted molar refractivity (Wildman–Crippen MR) is 63.3 cm³/mol. The summed E-state index contributed by atoms with van der Waals surface area (Å²) < 4.78 is 0. The summed E-state index contributed by atoms with van der Waals surface area (Å²) in [6.07, 6.45) is 5.75. The maximum Gasteiger partial charge on any atom is 0.142 e. The number of aromatic nitrogens is 3. The third kappa shape index (κ3) is 1.53. The van der Waals surface area contributed by atoms with Crippen molar-refractivity contribution in [2.45, 2.75) is 18.9 Å². The first-order valence-corrected chi connectivity index (χ1v) is 5.63. The summed E-state index contributed by atoms with van der Waals surface area (Å²) in [7, 11) is 0. The van der Waals surface area contributed by atoms with Gasteiger partial charge in [-0.3, -0.25) is 0 Å². The van der Waals surface area contributed by atoms with Crippen LogP contribution in [0.3, 0.4) is 0 Å². The van der Waals surface area contributed by atoms with Crippen molar-refractivity contribution in [3.63, 3.8) is 0 Å². The minimum atomic E-state index is 0.262. The highest BCUT2D eigenvalue weighted by atomic mass is 15.2. The summed E-state index contributed by atoms with van der Waals surface area (Å²) in [4.78, 5) is 13.9. The smallest absolute Gasteiger partial charge is 0.142 e. The summed E-state index contributed by atoms with van der Waals surface area (Å²) in [5.74, 6) is 1.00. The van der Waals surface area contributed by atoms with Crippen LogP contribution < -0.4 is 10.6 Å². The molecule has 1 aliphatic heterocycles. The van der Waals surface area contributed by atoms with Crippen LogP contribution in [0.2, 0.25) is 0 Å². The largest absolute Gasteiger partial charge is 0.354 e. The molecule has 2 aromatic rings. The summed E-state index contributed by atoms with van der Waals surface area (Å²) in [5, 5.41) is 1.08. The number of nitrogens with two attached hydrogens (primary N) is 1. The van der Waals surface area contributed by atoms with Gasteiger partial charge in [0.05, 0.1) is 5.39 Å². The van der Waals surface area contributed by atoms with E-state index in [1.807, 2.05) is 12.3 Å². The SMILES string of the molecule is NC1CCCN(c2ncnc3[nH]ccc23)C1. The molecule has 0 radical (unpaired) electrons. The van der Waals surface area contributed by atoms with E-state index in [1.54, 1.807) is 6.33 Å². The van der Waals surface area contributed by atoms with Gasteiger partial charge >= 0.3 is 0 Å². The number of anilines is 1. The van der Waals surface area contributed by atoms with Crippen LogP contribution in [0, 0.1) is 0 Å². The Balaban J connectivity index is 2.01. The standard InChI is InChI=1S/C11H15N5/c12-8-2-1-5-16(6-8)11-9-3-4-13-10(9)14-7-15-11/h3-4,7-8H,1-2,5-6,12H2,(H,13,14,15). The molecule has 0 amide bonds. The minimum Gasteiger partial charge on any atom is -0.354 e. The molecule has 3 heterocycles. The normalized spacial score (nSPS) is 21.6. The first-order valence-electron chi connectivity index (χ1n) is 5.63. The van der Waals surface area contributed by atoms with Crippen molar-refractivity contribution < 1.29 is 0 Å². The number of fused-ring (bicyclic) bond motifs is 1. The van der Waals surface area contributed by atoms with Crippen molar-refractivity contribution in [2.24, 2.45) is 5.73 Å². The fraction of sp³-hybridized carbons (Fsp3) is 0.455. The van der Waals surface area contributed by atoms with Crippen molar-refractivity contribution in [1.82, 2.24) is 15.0 Å². The van der Waals surface area contributed by atoms with E-state index in [2.05, 4.69) is 19.9 Å². The van der Waals surface area contributed by atoms with Crippen LogP contribution in [0.15, 0.2) is 18.6 Å². The van der Waals surface area contributed by atoms with Crippen LogP contribution in [0.25, 0.3) is 11.0 Å². The maximum atomic E-state index is 5.99. The number of rotatable bonds is 1. The van der Waals surface area contributed by atoms with E-state index in [4.69, 9.17) is 5.73 Å². The van der Waals surface area contributed by atoms with Crippen molar-refractivity contribution in [1.29, 1.82) is 0 Å². The summed E-state index contributed by atoms with van der Waals surface area (Å²) in [6, 6.07) is 2.28. The highest BCUT2D eigenvalue weighted by Gasteiger charge is 2.19. The van der Waals surface area contributed by atoms with Crippen molar-refractivity contribution in [2.75, 3.05) is 18.0 Å². The van der Waals surface area contributed by atoms with Crippen LogP contribution in [0.5, 0.6) is 0 Å². The monoisotopic (exact) mass is 217 g/mol. The van der Waals surface area contributed by atoms with Gasteiger partial charge in [0.15, 0.2) is 0 Å². The third-order valence-electron chi connectivity index (χ3n) is 3.09. The summed E-state index contributed by atoms with van der Waals surface area (Å²) in [6.45, 7) is 1.92. The Labute approximate surface area is 93.7 Å². The number of nitrogens with one attached hydrogen (secondary N) is 1. The van der Waals surface area contributed by atoms with Gasteiger partial charge in [0.1, 0.15) is 17.8 Å². The van der Waals surface area contributed by atoms with Crippen LogP contribution in [-0.2, 0) is 0 Å². The van der Waals surface area contributed by atoms with E-state index in [9.17, 15) is 0 Å². The van der Waals surface area contributed by atoms with E-state index >= 15 is 0 Å². The first-order chi connectivity index (χ1) is 7.84. The van der Waals surface area contributed by atoms with Gasteiger partial charge in [-0.25, -0.2) is 9.97 Å². The second kappa shape index (κ2) is 3.75. The second-order valence-corrected chi connectivity index (χ2v) is 4.29. The molecule has 1 aliphatic rings. The molecule has 0 saturated carbocycles. The zero-order valence-corrected chi connectivity index (χ0v) is 9.06. The Kier molecular flexibility index (Phi) is 2.25. The van der Waals surface area contributed by atoms with Crippen LogP contribution in [0.4, 0.5) is 5.82 Å². The van der Waals surface area contributed by atoms with E-state index in [1.165, 1.54) is 0 Å². The van der Waals surface area contributed by atoms with Crippen molar-refractivity contribution in [3.8, 4) is 0 Å². The highest BCUT2D eigenvalue weighted by molar-refractivity contribution is 5.87. The van der Waals surface area contributed by atoms with E-state index in [-0.39, 0.29) is 6.04 Å². The Bertz CT molecular complexity index is 492. The van der Waals surface area contributed by atoms with E-state index in [0.29, 0.717) is 0 Å². The molecule has 84 valence electrons. The van der Waals surface area contributed by atoms with Crippen LogP contribution in [0.1, 0.15) is 12.8 Å². The molecule has 16 heavy (non-hydrogen) atoms. The molecule has 1 saturated heterocycles. The van der Waals surface area contributed by atoms with Crippen LogP contribution >= 0.6 is 0 Å². The van der Waals surface area contributed by atoms with Gasteiger partial charge < -0.3 is 15.6 Å². The summed E-state index contributed by atoms with van der Waals surface area (Å²) >= 11 is 0. The number of nitrogens with zero attached hydrogens (tertiary/aromatic N) is 3. The Hall–Kier alpha value is -1.62. The van der Waals surface area contributed by atoms with Crippen molar-refractivity contribution in [3.05, 3.63) is 18.6 Å². The molecule has 5 heteroatoms. The minimum absolute atomic E-state index is 0.262. The lowest BCUT2D eigenvalue weighted by Crippen LogP contribution is -2.43. The molecule has 1 unspecified atom stereocenters. The van der Waals surface area contributed by atoms with E-state index in [0.717, 1.165) is 42.8 Å². The average molecular weight is 217 g/mol. The first kappa shape index (κ1) is 9.59. The Morgan fingerprint density at radius 1 is 1.44 bits per heavy atom. The molecule has 0 bridgehead atoms. The zero-order valence-electron chi connectivity index (χ0n) is 9.06. The van der Waals surface area contributed by atoms with Gasteiger partial charge in [0, 0.05) is 25.3 Å². The maximum absolute atomic E-state index is 5.99. The fourth-order valence-corrected chi connectivity index (χ4v) is 2.31. The Morgan fingerprint density at radius 2 is 2.38 bits per heavy atom. The van der Waals surface area contributed by atoms with Gasteiger partial charge in [0.2, 0.25) is 0 Å². The molecule has 0 aliphatic carbocycles. The average Bonchev–Trinajstić information content (AvgIpc) is 2.76. The van der Waals surface area contributed by atoms with Gasteiger partial charge in [0.25, 0.3) is 0 Å². The molecule has 3 N–H and O–H groups in total. The number of piperidine rings is 1. The second-order valence-electron chi connectivity index (χ2n) is 4.29. The molecule has 1 fully saturated rings. The molecule has 0 aromatic carbocycles. The quantitative estimate of drug-likeness (QED) is 0.744. The zero-order chi connectivity index (χ0) is 11.0. The lowest BCUT2D eigenvalue weighted by molar-refractivity contribution is 0.504. The van der Waals surface area contributed by atoms with Gasteiger partial charge in [-0.05, 0) is 18.9 Å². The van der Waals surface area contributed by atoms with Gasteiger partial charge in [-0.1, -0.05) is 0 Å². The third-order valence-corrected chi connectivity index (χ3v) is 3.09. The summed E-state index contributed by atoms with van der Waals surface area (Å²) in [5.41, 5.74) is 6.88. The lowest BCUT2D eigenvalue weighted by Gasteiger charge is -2.31. The topological polar surface area (TPSA) is 70.8 Å². The molecule has 1 atom stereocenters. The molecule has 2 aromatic heterocycles. The number of H-pyrrole nitrogens is 1. The highest BCUT2D eigenvalue weighted by Crippen LogP contribution is 2.24. The fourth-order valence-electron chi connectivity index (χ4n) is 2.31. The molecule has 3 rings (SSSR count). The number of aromatic amines is 1. The van der Waals surface area contributed by atoms with E-state index < -0.39 is 0 Å². The Morgan fingerprint density at radius 3 is 3.25 bits per heavy atom. The van der Waals surface area contributed by atoms with Crippen molar-refractivity contribution >= 4 is 16.9 Å². The molecular formula is C11H15N5. The number of hydrogen-bond donors (Lipinski definition) is 2. The molecule has 5 nitrogen and oxygen atoms in total.